The van der Waals surface area contributed by atoms with Crippen molar-refractivity contribution in [3.8, 4) is 17.2 Å². The van der Waals surface area contributed by atoms with Gasteiger partial charge in [-0.2, -0.15) is 17.4 Å². The SMILES string of the molecule is CC(C)(C)OC(=O)N1CCN(S(=O)(=O)c2ccc(OC(F)(F)F)cc2)[C@@H](C(=O)NCc2ccc(OC(F)F)c(F)c2)C1.CC(C)(C)OC(=O)N1CCN(S(=O)(=O)c2ccc(OC(F)(F)F)cc2)[C@@H](C(=O)O)C1. The maximum absolute atomic E-state index is 14.1. The van der Waals surface area contributed by atoms with Crippen LogP contribution in [0, 0.1) is 5.82 Å². The van der Waals surface area contributed by atoms with Gasteiger partial charge in [0.25, 0.3) is 0 Å². The molecule has 0 unspecified atom stereocenters. The minimum absolute atomic E-state index is 0.118. The van der Waals surface area contributed by atoms with E-state index < -0.39 is 133 Å². The molecule has 400 valence electrons. The van der Waals surface area contributed by atoms with E-state index >= 15 is 0 Å². The van der Waals surface area contributed by atoms with E-state index in [1.54, 1.807) is 41.5 Å². The van der Waals surface area contributed by atoms with E-state index in [0.717, 1.165) is 74.8 Å². The molecule has 0 spiro atoms. The van der Waals surface area contributed by atoms with E-state index in [2.05, 4.69) is 19.5 Å². The van der Waals surface area contributed by atoms with Crippen LogP contribution in [-0.4, -0.2) is 146 Å². The van der Waals surface area contributed by atoms with Crippen molar-refractivity contribution in [1.82, 2.24) is 23.7 Å². The lowest BCUT2D eigenvalue weighted by molar-refractivity contribution is -0.275. The van der Waals surface area contributed by atoms with Crippen LogP contribution in [0.4, 0.5) is 49.1 Å². The highest BCUT2D eigenvalue weighted by Crippen LogP contribution is 2.30. The Hall–Kier alpha value is -6.27. The number of piperazine rings is 2. The Kier molecular flexibility index (Phi) is 18.3. The molecule has 0 radical (unpaired) electrons. The molecule has 2 N–H and O–H groups in total. The molecule has 19 nitrogen and oxygen atoms in total. The van der Waals surface area contributed by atoms with E-state index in [-0.39, 0.29) is 38.3 Å². The second-order valence-corrected chi connectivity index (χ2v) is 21.1. The van der Waals surface area contributed by atoms with E-state index in [4.69, 9.17) is 9.47 Å². The van der Waals surface area contributed by atoms with Crippen molar-refractivity contribution >= 4 is 44.1 Å². The van der Waals surface area contributed by atoms with Gasteiger partial charge < -0.3 is 43.9 Å². The number of amides is 3. The Morgan fingerprint density at radius 3 is 1.42 bits per heavy atom. The third kappa shape index (κ3) is 16.9. The number of alkyl halides is 8. The largest absolute Gasteiger partial charge is 0.573 e. The van der Waals surface area contributed by atoms with Gasteiger partial charge >= 0.3 is 37.5 Å². The summed E-state index contributed by atoms with van der Waals surface area (Å²) in [5.74, 6) is -5.52. The molecule has 5 rings (SSSR count). The number of hydrogen-bond donors (Lipinski definition) is 2. The van der Waals surface area contributed by atoms with Crippen LogP contribution in [0.5, 0.6) is 17.2 Å². The number of hydrogen-bond acceptors (Lipinski definition) is 13. The number of nitrogens with zero attached hydrogens (tertiary/aromatic N) is 4. The molecular weight excluding hydrogens is 1030 g/mol. The van der Waals surface area contributed by atoms with Crippen molar-refractivity contribution in [2.45, 2.75) is 101 Å². The molecule has 2 heterocycles. The number of carboxylic acid groups (broad SMARTS) is 1. The minimum atomic E-state index is -5.00. The predicted octanol–water partition coefficient (Wildman–Crippen LogP) is 6.53. The molecule has 30 heteroatoms. The smallest absolute Gasteiger partial charge is 0.480 e. The molecule has 0 aliphatic carbocycles. The highest BCUT2D eigenvalue weighted by atomic mass is 32.2. The summed E-state index contributed by atoms with van der Waals surface area (Å²) in [7, 11) is -8.86. The number of rotatable bonds is 12. The Morgan fingerprint density at radius 1 is 0.653 bits per heavy atom. The number of halogens is 9. The summed E-state index contributed by atoms with van der Waals surface area (Å²) < 4.78 is 189. The number of ether oxygens (including phenoxy) is 5. The molecular formula is C42H48F9N5O14S2. The lowest BCUT2D eigenvalue weighted by atomic mass is 10.1. The van der Waals surface area contributed by atoms with Gasteiger partial charge in [0.2, 0.25) is 26.0 Å². The van der Waals surface area contributed by atoms with Crippen LogP contribution < -0.4 is 19.5 Å². The Balaban J connectivity index is 0.000000331. The fourth-order valence-electron chi connectivity index (χ4n) is 6.56. The third-order valence-electron chi connectivity index (χ3n) is 9.56. The first kappa shape index (κ1) is 58.3. The van der Waals surface area contributed by atoms with Gasteiger partial charge in [-0.05, 0) is 108 Å². The highest BCUT2D eigenvalue weighted by molar-refractivity contribution is 7.89. The second-order valence-electron chi connectivity index (χ2n) is 17.4. The van der Waals surface area contributed by atoms with Crippen LogP contribution in [0.15, 0.2) is 76.5 Å². The predicted molar refractivity (Wildman–Crippen MR) is 230 cm³/mol. The lowest BCUT2D eigenvalue weighted by Gasteiger charge is -2.39. The number of carboxylic acids is 1. The summed E-state index contributed by atoms with van der Waals surface area (Å²) in [6, 6.07) is 6.57. The quantitative estimate of drug-likeness (QED) is 0.184. The van der Waals surface area contributed by atoms with Crippen molar-refractivity contribution in [2.75, 3.05) is 39.3 Å². The summed E-state index contributed by atoms with van der Waals surface area (Å²) in [5.41, 5.74) is -1.60. The zero-order valence-corrected chi connectivity index (χ0v) is 40.4. The summed E-state index contributed by atoms with van der Waals surface area (Å²) >= 11 is 0. The standard InChI is InChI=1S/C25H27F6N3O7S.C17H21F3N2O7S/c1-24(2,3)41-23(36)33-10-11-34(42(37,38)17-7-5-16(6-8-17)40-25(29,30)31)19(14-33)21(35)32-13-15-4-9-20(18(26)12-15)39-22(27)28;1-16(2,3)29-15(25)21-8-9-22(13(10-21)14(23)24)30(26,27)12-6-4-11(5-7-12)28-17(18,19)20/h4-9,12,19,22H,10-11,13-14H2,1-3H3,(H,32,35);4-7,13H,8-10H2,1-3H3,(H,23,24)/t19-;13-/m11/s1. The maximum atomic E-state index is 14.1. The van der Waals surface area contributed by atoms with Crippen molar-refractivity contribution in [3.63, 3.8) is 0 Å². The van der Waals surface area contributed by atoms with Crippen LogP contribution in [0.3, 0.4) is 0 Å². The normalized spacial score (nSPS) is 17.6. The van der Waals surface area contributed by atoms with Crippen molar-refractivity contribution in [1.29, 1.82) is 0 Å². The topological polar surface area (TPSA) is 228 Å². The molecule has 72 heavy (non-hydrogen) atoms. The zero-order chi connectivity index (χ0) is 54.4. The summed E-state index contributed by atoms with van der Waals surface area (Å²) in [6.45, 7) is 4.20. The summed E-state index contributed by atoms with van der Waals surface area (Å²) in [5, 5.41) is 11.9. The van der Waals surface area contributed by atoms with Gasteiger partial charge in [0.05, 0.1) is 16.3 Å². The molecule has 2 saturated heterocycles. The molecule has 0 bridgehead atoms. The molecule has 0 aromatic heterocycles. The van der Waals surface area contributed by atoms with Crippen molar-refractivity contribution in [2.24, 2.45) is 0 Å². The van der Waals surface area contributed by atoms with Gasteiger partial charge in [0.15, 0.2) is 11.6 Å². The number of nitrogens with one attached hydrogen (secondary N) is 1. The third-order valence-corrected chi connectivity index (χ3v) is 13.4. The molecule has 2 aliphatic heterocycles. The average Bonchev–Trinajstić information content (AvgIpc) is 3.24. The Morgan fingerprint density at radius 2 is 1.06 bits per heavy atom. The molecule has 2 fully saturated rings. The number of sulfonamides is 2. The summed E-state index contributed by atoms with van der Waals surface area (Å²) in [4.78, 5) is 51.2. The fraction of sp³-hybridized carbons (Fsp3) is 0.476. The van der Waals surface area contributed by atoms with Gasteiger partial charge in [-0.1, -0.05) is 6.07 Å². The van der Waals surface area contributed by atoms with Gasteiger partial charge in [-0.15, -0.1) is 26.3 Å². The van der Waals surface area contributed by atoms with Gasteiger partial charge in [0.1, 0.15) is 34.8 Å². The first-order valence-electron chi connectivity index (χ1n) is 20.9. The van der Waals surface area contributed by atoms with Crippen molar-refractivity contribution < 1.29 is 104 Å². The van der Waals surface area contributed by atoms with Gasteiger partial charge in [-0.25, -0.2) is 30.8 Å². The van der Waals surface area contributed by atoms with Gasteiger partial charge in [0, 0.05) is 39.3 Å². The molecule has 3 amide bonds. The monoisotopic (exact) mass is 1080 g/mol. The summed E-state index contributed by atoms with van der Waals surface area (Å²) in [6.07, 6.45) is -11.5. The number of aliphatic carboxylic acids is 1. The molecule has 0 saturated carbocycles. The molecule has 2 aliphatic rings. The fourth-order valence-corrected chi connectivity index (χ4v) is 9.69. The van der Waals surface area contributed by atoms with Crippen molar-refractivity contribution in [3.05, 3.63) is 78.1 Å². The van der Waals surface area contributed by atoms with Crippen LogP contribution in [-0.2, 0) is 45.7 Å². The maximum Gasteiger partial charge on any atom is 0.573 e. The second kappa shape index (κ2) is 22.7. The Labute approximate surface area is 406 Å². The zero-order valence-electron chi connectivity index (χ0n) is 38.8. The molecule has 3 aromatic rings. The lowest BCUT2D eigenvalue weighted by Crippen LogP contribution is -2.61. The number of carbonyl (C=O) groups excluding carboxylic acids is 3. The first-order valence-corrected chi connectivity index (χ1v) is 23.8. The molecule has 3 aromatic carbocycles. The van der Waals surface area contributed by atoms with Crippen LogP contribution in [0.25, 0.3) is 0 Å². The van der Waals surface area contributed by atoms with E-state index in [1.165, 1.54) is 6.07 Å². The van der Waals surface area contributed by atoms with E-state index in [9.17, 15) is 80.6 Å². The van der Waals surface area contributed by atoms with Crippen LogP contribution in [0.1, 0.15) is 47.1 Å². The number of carbonyl (C=O) groups is 4. The van der Waals surface area contributed by atoms with E-state index in [1.807, 2.05) is 0 Å². The minimum Gasteiger partial charge on any atom is -0.480 e. The van der Waals surface area contributed by atoms with Crippen LogP contribution >= 0.6 is 0 Å². The number of benzene rings is 3. The van der Waals surface area contributed by atoms with E-state index in [0.29, 0.717) is 4.31 Å². The first-order chi connectivity index (χ1) is 33.0. The van der Waals surface area contributed by atoms with Gasteiger partial charge in [-0.3, -0.25) is 9.59 Å². The van der Waals surface area contributed by atoms with Crippen LogP contribution in [0.2, 0.25) is 0 Å². The Bertz CT molecular complexity index is 2630. The highest BCUT2D eigenvalue weighted by Gasteiger charge is 2.44. The average molecular weight is 1080 g/mol. The molecule has 2 atom stereocenters.